The Morgan fingerprint density at radius 2 is 1.84 bits per heavy atom. The summed E-state index contributed by atoms with van der Waals surface area (Å²) in [4.78, 5) is 38.7. The topological polar surface area (TPSA) is 140 Å². The monoisotopic (exact) mass is 643 g/mol. The number of rotatable bonds is 11. The molecule has 44 heavy (non-hydrogen) atoms. The van der Waals surface area contributed by atoms with Gasteiger partial charge in [-0.25, -0.2) is 12.8 Å². The molecule has 5 rings (SSSR count). The van der Waals surface area contributed by atoms with E-state index in [1.807, 2.05) is 0 Å². The number of nitro groups is 1. The maximum atomic E-state index is 13.9. The molecular formula is C30H27ClFN3O8S. The van der Waals surface area contributed by atoms with Crippen LogP contribution >= 0.6 is 11.6 Å². The molecule has 2 heterocycles. The van der Waals surface area contributed by atoms with Crippen molar-refractivity contribution in [1.29, 1.82) is 0 Å². The molecular weight excluding hydrogens is 617 g/mol. The Morgan fingerprint density at radius 3 is 2.55 bits per heavy atom. The molecule has 3 aromatic carbocycles. The Bertz CT molecular complexity index is 1860. The number of hydrogen-bond donors (Lipinski definition) is 0. The number of benzene rings is 3. The smallest absolute Gasteiger partial charge is 0.289 e. The average Bonchev–Trinajstić information content (AvgIpc) is 3.52. The van der Waals surface area contributed by atoms with E-state index in [9.17, 15) is 32.5 Å². The van der Waals surface area contributed by atoms with Crippen LogP contribution in [0.3, 0.4) is 0 Å². The fraction of sp³-hybridized carbons (Fsp3) is 0.267. The SMILES string of the molecule is O=C(CN(CC1CCCO1)S(=O)(=O)c1ccc(Cl)c([N+](=O)[O-])c1)N(Cc1ccc(F)cc1)Cc1coc2ccccc2c1=O. The number of sulfonamides is 1. The van der Waals surface area contributed by atoms with Crippen LogP contribution in [0, 0.1) is 15.9 Å². The van der Waals surface area contributed by atoms with Crippen LogP contribution in [0.4, 0.5) is 10.1 Å². The Labute approximate surface area is 256 Å². The zero-order valence-electron chi connectivity index (χ0n) is 23.2. The second-order valence-corrected chi connectivity index (χ2v) is 12.6. The van der Waals surface area contributed by atoms with Crippen LogP contribution in [0.1, 0.15) is 24.0 Å². The van der Waals surface area contributed by atoms with Gasteiger partial charge in [0.2, 0.25) is 15.9 Å². The van der Waals surface area contributed by atoms with E-state index in [4.69, 9.17) is 20.8 Å². The van der Waals surface area contributed by atoms with Gasteiger partial charge in [-0.3, -0.25) is 19.7 Å². The molecule has 1 unspecified atom stereocenters. The zero-order valence-corrected chi connectivity index (χ0v) is 24.8. The van der Waals surface area contributed by atoms with Crippen molar-refractivity contribution >= 4 is 44.2 Å². The van der Waals surface area contributed by atoms with Gasteiger partial charge < -0.3 is 14.1 Å². The number of hydrogen-bond acceptors (Lipinski definition) is 8. The third-order valence-corrected chi connectivity index (χ3v) is 9.37. The van der Waals surface area contributed by atoms with Gasteiger partial charge in [0.15, 0.2) is 5.43 Å². The number of nitro benzene ring substituents is 1. The number of amides is 1. The highest BCUT2D eigenvalue weighted by Crippen LogP contribution is 2.29. The van der Waals surface area contributed by atoms with E-state index >= 15 is 0 Å². The van der Waals surface area contributed by atoms with Gasteiger partial charge in [-0.15, -0.1) is 0 Å². The lowest BCUT2D eigenvalue weighted by atomic mass is 10.1. The van der Waals surface area contributed by atoms with Crippen molar-refractivity contribution in [3.8, 4) is 0 Å². The molecule has 1 fully saturated rings. The van der Waals surface area contributed by atoms with Gasteiger partial charge in [0.05, 0.1) is 46.2 Å². The van der Waals surface area contributed by atoms with Crippen LogP contribution in [0.15, 0.2) is 87.1 Å². The fourth-order valence-corrected chi connectivity index (χ4v) is 6.56. The second kappa shape index (κ2) is 13.2. The summed E-state index contributed by atoms with van der Waals surface area (Å²) in [6, 6.07) is 15.1. The summed E-state index contributed by atoms with van der Waals surface area (Å²) in [6.07, 6.45) is 2.01. The molecule has 230 valence electrons. The van der Waals surface area contributed by atoms with E-state index in [0.29, 0.717) is 36.0 Å². The van der Waals surface area contributed by atoms with Crippen molar-refractivity contribution in [2.24, 2.45) is 0 Å². The number of ether oxygens (including phenoxy) is 1. The normalized spacial score (nSPS) is 15.1. The standard InChI is InChI=1S/C30H27ClFN3O8S/c31-26-12-11-24(14-27(26)35(38)39)44(40,41)34(17-23-4-3-13-42-23)18-29(36)33(15-20-7-9-22(32)10-8-20)16-21-19-43-28-6-2-1-5-25(28)30(21)37/h1-2,5-12,14,19,23H,3-4,13,15-18H2. The van der Waals surface area contributed by atoms with Crippen molar-refractivity contribution in [1.82, 2.24) is 9.21 Å². The third kappa shape index (κ3) is 6.97. The number of carbonyl (C=O) groups excluding carboxylic acids is 1. The van der Waals surface area contributed by atoms with Crippen molar-refractivity contribution in [2.45, 2.75) is 36.9 Å². The Hall–Kier alpha value is -4.17. The van der Waals surface area contributed by atoms with Crippen molar-refractivity contribution in [3.05, 3.63) is 115 Å². The van der Waals surface area contributed by atoms with E-state index in [1.54, 1.807) is 24.3 Å². The van der Waals surface area contributed by atoms with E-state index in [2.05, 4.69) is 0 Å². The Kier molecular flexibility index (Phi) is 9.39. The first kappa shape index (κ1) is 31.3. The number of para-hydroxylation sites is 1. The minimum atomic E-state index is -4.47. The minimum Gasteiger partial charge on any atom is -0.464 e. The van der Waals surface area contributed by atoms with Crippen LogP contribution in [0.2, 0.25) is 5.02 Å². The first-order valence-corrected chi connectivity index (χ1v) is 15.4. The molecule has 0 N–H and O–H groups in total. The maximum Gasteiger partial charge on any atom is 0.289 e. The lowest BCUT2D eigenvalue weighted by Crippen LogP contribution is -2.45. The van der Waals surface area contributed by atoms with Gasteiger partial charge in [0.1, 0.15) is 16.4 Å². The van der Waals surface area contributed by atoms with Crippen molar-refractivity contribution in [3.63, 3.8) is 0 Å². The van der Waals surface area contributed by atoms with Crippen LogP contribution in [-0.4, -0.2) is 54.3 Å². The largest absolute Gasteiger partial charge is 0.464 e. The predicted molar refractivity (Wildman–Crippen MR) is 159 cm³/mol. The summed E-state index contributed by atoms with van der Waals surface area (Å²) in [7, 11) is -4.47. The van der Waals surface area contributed by atoms with Crippen LogP contribution in [0.5, 0.6) is 0 Å². The Morgan fingerprint density at radius 1 is 1.09 bits per heavy atom. The first-order valence-electron chi connectivity index (χ1n) is 13.6. The fourth-order valence-electron chi connectivity index (χ4n) is 4.93. The molecule has 0 aliphatic carbocycles. The minimum absolute atomic E-state index is 0.0778. The number of nitrogens with zero attached hydrogens (tertiary/aromatic N) is 3. The summed E-state index contributed by atoms with van der Waals surface area (Å²) in [5.74, 6) is -1.15. The molecule has 1 aromatic heterocycles. The predicted octanol–water partition coefficient (Wildman–Crippen LogP) is 4.89. The molecule has 1 aliphatic heterocycles. The van der Waals surface area contributed by atoms with Gasteiger partial charge >= 0.3 is 0 Å². The molecule has 0 saturated carbocycles. The van der Waals surface area contributed by atoms with E-state index in [-0.39, 0.29) is 35.6 Å². The van der Waals surface area contributed by atoms with Crippen LogP contribution in [-0.2, 0) is 32.6 Å². The van der Waals surface area contributed by atoms with Gasteiger partial charge in [-0.1, -0.05) is 35.9 Å². The molecule has 1 amide bonds. The number of halogens is 2. The summed E-state index contributed by atoms with van der Waals surface area (Å²) in [5, 5.41) is 11.5. The highest BCUT2D eigenvalue weighted by Gasteiger charge is 2.33. The molecule has 1 saturated heterocycles. The van der Waals surface area contributed by atoms with Crippen molar-refractivity contribution < 1.29 is 31.7 Å². The Balaban J connectivity index is 1.50. The molecule has 11 nitrogen and oxygen atoms in total. The quantitative estimate of drug-likeness (QED) is 0.166. The average molecular weight is 644 g/mol. The molecule has 4 aromatic rings. The van der Waals surface area contributed by atoms with Crippen molar-refractivity contribution in [2.75, 3.05) is 19.7 Å². The molecule has 0 spiro atoms. The van der Waals surface area contributed by atoms with Gasteiger partial charge in [0, 0.05) is 25.8 Å². The van der Waals surface area contributed by atoms with E-state index in [1.165, 1.54) is 35.4 Å². The molecule has 14 heteroatoms. The lowest BCUT2D eigenvalue weighted by Gasteiger charge is -2.28. The van der Waals surface area contributed by atoms with Gasteiger partial charge in [-0.05, 0) is 54.8 Å². The highest BCUT2D eigenvalue weighted by molar-refractivity contribution is 7.89. The second-order valence-electron chi connectivity index (χ2n) is 10.3. The van der Waals surface area contributed by atoms with E-state index < -0.39 is 49.9 Å². The molecule has 1 atom stereocenters. The number of fused-ring (bicyclic) bond motifs is 1. The van der Waals surface area contributed by atoms with Gasteiger partial charge in [-0.2, -0.15) is 4.31 Å². The summed E-state index contributed by atoms with van der Waals surface area (Å²) in [5.41, 5.74) is 0.0922. The summed E-state index contributed by atoms with van der Waals surface area (Å²) >= 11 is 5.91. The summed E-state index contributed by atoms with van der Waals surface area (Å²) in [6.45, 7) is -0.742. The number of carbonyl (C=O) groups is 1. The molecule has 1 aliphatic rings. The molecule has 0 bridgehead atoms. The maximum absolute atomic E-state index is 13.9. The van der Waals surface area contributed by atoms with Gasteiger partial charge in [0.25, 0.3) is 5.69 Å². The highest BCUT2D eigenvalue weighted by atomic mass is 35.5. The molecule has 0 radical (unpaired) electrons. The van der Waals surface area contributed by atoms with Crippen LogP contribution in [0.25, 0.3) is 11.0 Å². The van der Waals surface area contributed by atoms with Crippen LogP contribution < -0.4 is 5.43 Å². The third-order valence-electron chi connectivity index (χ3n) is 7.25. The first-order chi connectivity index (χ1) is 21.0. The van der Waals surface area contributed by atoms with E-state index in [0.717, 1.165) is 22.5 Å². The summed E-state index contributed by atoms with van der Waals surface area (Å²) < 4.78 is 53.5. The lowest BCUT2D eigenvalue weighted by molar-refractivity contribution is -0.384. The zero-order chi connectivity index (χ0) is 31.4.